The lowest BCUT2D eigenvalue weighted by atomic mass is 9.83. The van der Waals surface area contributed by atoms with Crippen molar-refractivity contribution < 1.29 is 4.79 Å². The van der Waals surface area contributed by atoms with Crippen LogP contribution in [0.15, 0.2) is 6.20 Å². The Morgan fingerprint density at radius 3 is 2.75 bits per heavy atom. The average molecular weight is 326 g/mol. The quantitative estimate of drug-likeness (QED) is 0.857. The van der Waals surface area contributed by atoms with Gasteiger partial charge in [-0.3, -0.25) is 4.79 Å². The fraction of sp³-hybridized carbons (Fsp3) is 0.737. The van der Waals surface area contributed by atoms with Crippen molar-refractivity contribution in [1.82, 2.24) is 14.9 Å². The smallest absolute Gasteiger partial charge is 0.257 e. The van der Waals surface area contributed by atoms with Crippen molar-refractivity contribution in [1.29, 1.82) is 0 Å². The van der Waals surface area contributed by atoms with Crippen molar-refractivity contribution in [2.45, 2.75) is 58.0 Å². The summed E-state index contributed by atoms with van der Waals surface area (Å²) >= 11 is 0. The van der Waals surface area contributed by atoms with Gasteiger partial charge in [-0.05, 0) is 56.8 Å². The van der Waals surface area contributed by atoms with Crippen LogP contribution in [-0.2, 0) is 6.54 Å². The highest BCUT2D eigenvalue weighted by Gasteiger charge is 2.45. The second-order valence-corrected chi connectivity index (χ2v) is 8.24. The van der Waals surface area contributed by atoms with E-state index in [4.69, 9.17) is 4.98 Å². The van der Waals surface area contributed by atoms with E-state index in [1.54, 1.807) is 6.20 Å². The number of aromatic nitrogens is 2. The van der Waals surface area contributed by atoms with E-state index in [-0.39, 0.29) is 5.91 Å². The monoisotopic (exact) mass is 326 g/mol. The van der Waals surface area contributed by atoms with Crippen molar-refractivity contribution in [2.75, 3.05) is 18.0 Å². The predicted molar refractivity (Wildman–Crippen MR) is 91.8 cm³/mol. The van der Waals surface area contributed by atoms with E-state index in [9.17, 15) is 4.79 Å². The lowest BCUT2D eigenvalue weighted by Gasteiger charge is -2.34. The minimum absolute atomic E-state index is 0.147. The molecule has 0 radical (unpaired) electrons. The first-order valence-electron chi connectivity index (χ1n) is 9.62. The third-order valence-corrected chi connectivity index (χ3v) is 6.96. The number of rotatable bonds is 3. The number of anilines is 1. The SMILES string of the molecule is CC(C1CC2CCC1C2)N1Cc2nc(N3CCCC3)ncc2C1=O. The molecule has 1 amide bonds. The van der Waals surface area contributed by atoms with Gasteiger partial charge in [0.1, 0.15) is 0 Å². The third kappa shape index (κ3) is 2.16. The molecule has 3 fully saturated rings. The maximum absolute atomic E-state index is 12.9. The third-order valence-electron chi connectivity index (χ3n) is 6.96. The molecule has 4 unspecified atom stereocenters. The minimum atomic E-state index is 0.147. The largest absolute Gasteiger partial charge is 0.341 e. The van der Waals surface area contributed by atoms with Crippen LogP contribution < -0.4 is 4.90 Å². The zero-order chi connectivity index (χ0) is 16.3. The number of nitrogens with zero attached hydrogens (tertiary/aromatic N) is 4. The first-order valence-corrected chi connectivity index (χ1v) is 9.62. The molecule has 1 aromatic rings. The molecule has 4 aliphatic rings. The van der Waals surface area contributed by atoms with E-state index in [2.05, 4.69) is 21.7 Å². The molecule has 4 atom stereocenters. The van der Waals surface area contributed by atoms with Crippen LogP contribution in [0.1, 0.15) is 61.5 Å². The van der Waals surface area contributed by atoms with Gasteiger partial charge in [0.25, 0.3) is 5.91 Å². The molecule has 5 heteroatoms. The molecule has 2 bridgehead atoms. The summed E-state index contributed by atoms with van der Waals surface area (Å²) in [5.74, 6) is 3.41. The Balaban J connectivity index is 1.36. The van der Waals surface area contributed by atoms with Crippen molar-refractivity contribution in [3.8, 4) is 0 Å². The fourth-order valence-corrected chi connectivity index (χ4v) is 5.61. The van der Waals surface area contributed by atoms with Crippen molar-refractivity contribution in [3.63, 3.8) is 0 Å². The van der Waals surface area contributed by atoms with Gasteiger partial charge < -0.3 is 9.80 Å². The first kappa shape index (κ1) is 14.7. The summed E-state index contributed by atoms with van der Waals surface area (Å²) in [5, 5.41) is 0. The predicted octanol–water partition coefficient (Wildman–Crippen LogP) is 2.86. The number of carbonyl (C=O) groups excluding carboxylic acids is 1. The molecule has 0 N–H and O–H groups in total. The highest BCUT2D eigenvalue weighted by atomic mass is 16.2. The number of carbonyl (C=O) groups is 1. The topological polar surface area (TPSA) is 49.3 Å². The Kier molecular flexibility index (Phi) is 3.32. The number of hydrogen-bond donors (Lipinski definition) is 0. The van der Waals surface area contributed by atoms with Crippen molar-refractivity contribution in [2.24, 2.45) is 17.8 Å². The van der Waals surface area contributed by atoms with E-state index in [1.807, 2.05) is 0 Å². The Bertz CT molecular complexity index is 669. The van der Waals surface area contributed by atoms with Gasteiger partial charge in [-0.15, -0.1) is 0 Å². The number of fused-ring (bicyclic) bond motifs is 3. The van der Waals surface area contributed by atoms with Crippen LogP contribution in [0.4, 0.5) is 5.95 Å². The van der Waals surface area contributed by atoms with Gasteiger partial charge in [-0.2, -0.15) is 0 Å². The van der Waals surface area contributed by atoms with Crippen molar-refractivity contribution in [3.05, 3.63) is 17.5 Å². The van der Waals surface area contributed by atoms with Crippen LogP contribution >= 0.6 is 0 Å². The molecule has 2 aliphatic carbocycles. The standard InChI is InChI=1S/C19H26N4O/c1-12(15-9-13-4-5-14(15)8-13)23-11-17-16(18(23)24)10-20-19(21-17)22-6-2-3-7-22/h10,12-15H,2-9,11H2,1H3. The lowest BCUT2D eigenvalue weighted by Crippen LogP contribution is -2.40. The first-order chi connectivity index (χ1) is 11.7. The van der Waals surface area contributed by atoms with Gasteiger partial charge in [0.2, 0.25) is 5.95 Å². The molecule has 24 heavy (non-hydrogen) atoms. The second-order valence-electron chi connectivity index (χ2n) is 8.24. The van der Waals surface area contributed by atoms with Gasteiger partial charge in [0.05, 0.1) is 17.8 Å². The number of amides is 1. The van der Waals surface area contributed by atoms with E-state index in [0.717, 1.165) is 42.1 Å². The van der Waals surface area contributed by atoms with Gasteiger partial charge in [-0.25, -0.2) is 9.97 Å². The summed E-state index contributed by atoms with van der Waals surface area (Å²) < 4.78 is 0. The van der Waals surface area contributed by atoms with Crippen LogP contribution in [0.3, 0.4) is 0 Å². The van der Waals surface area contributed by atoms with E-state index < -0.39 is 0 Å². The molecule has 2 aliphatic heterocycles. The average Bonchev–Trinajstić information content (AvgIpc) is 3.38. The van der Waals surface area contributed by atoms with Gasteiger partial charge in [-0.1, -0.05) is 6.42 Å². The Hall–Kier alpha value is -1.65. The summed E-state index contributed by atoms with van der Waals surface area (Å²) in [5.41, 5.74) is 1.67. The van der Waals surface area contributed by atoms with Crippen LogP contribution in [0.25, 0.3) is 0 Å². The second kappa shape index (κ2) is 5.43. The molecule has 1 aromatic heterocycles. The highest BCUT2D eigenvalue weighted by Crippen LogP contribution is 2.50. The van der Waals surface area contributed by atoms with Crippen LogP contribution in [0.2, 0.25) is 0 Å². The van der Waals surface area contributed by atoms with E-state index in [1.165, 1.54) is 38.5 Å². The van der Waals surface area contributed by atoms with Gasteiger partial charge >= 0.3 is 0 Å². The van der Waals surface area contributed by atoms with Crippen molar-refractivity contribution >= 4 is 11.9 Å². The summed E-state index contributed by atoms with van der Waals surface area (Å²) in [6.45, 7) is 5.01. The Morgan fingerprint density at radius 2 is 2.04 bits per heavy atom. The molecule has 0 spiro atoms. The maximum atomic E-state index is 12.9. The van der Waals surface area contributed by atoms with E-state index in [0.29, 0.717) is 18.5 Å². The van der Waals surface area contributed by atoms with Gasteiger partial charge in [0.15, 0.2) is 0 Å². The molecular weight excluding hydrogens is 300 g/mol. The molecule has 3 heterocycles. The Labute approximate surface area is 143 Å². The molecule has 0 aromatic carbocycles. The molecule has 5 rings (SSSR count). The summed E-state index contributed by atoms with van der Waals surface area (Å²) in [7, 11) is 0. The molecular formula is C19H26N4O. The summed E-state index contributed by atoms with van der Waals surface area (Å²) in [4.78, 5) is 26.4. The van der Waals surface area contributed by atoms with E-state index >= 15 is 0 Å². The summed E-state index contributed by atoms with van der Waals surface area (Å²) in [6.07, 6.45) is 9.69. The van der Waals surface area contributed by atoms with Crippen LogP contribution in [-0.4, -0.2) is 39.9 Å². The minimum Gasteiger partial charge on any atom is -0.341 e. The lowest BCUT2D eigenvalue weighted by molar-refractivity contribution is 0.0604. The molecule has 128 valence electrons. The normalized spacial score (nSPS) is 32.7. The van der Waals surface area contributed by atoms with Gasteiger partial charge in [0, 0.05) is 25.3 Å². The maximum Gasteiger partial charge on any atom is 0.257 e. The molecule has 5 nitrogen and oxygen atoms in total. The molecule has 2 saturated carbocycles. The Morgan fingerprint density at radius 1 is 1.21 bits per heavy atom. The zero-order valence-corrected chi connectivity index (χ0v) is 14.4. The zero-order valence-electron chi connectivity index (χ0n) is 14.4. The number of hydrogen-bond acceptors (Lipinski definition) is 4. The van der Waals surface area contributed by atoms with Crippen LogP contribution in [0, 0.1) is 17.8 Å². The van der Waals surface area contributed by atoms with Crippen LogP contribution in [0.5, 0.6) is 0 Å². The highest BCUT2D eigenvalue weighted by molar-refractivity contribution is 5.97. The molecule has 1 saturated heterocycles. The summed E-state index contributed by atoms with van der Waals surface area (Å²) in [6, 6.07) is 0.331. The fourth-order valence-electron chi connectivity index (χ4n) is 5.61.